The van der Waals surface area contributed by atoms with Gasteiger partial charge in [-0.25, -0.2) is 13.2 Å². The van der Waals surface area contributed by atoms with Crippen molar-refractivity contribution in [2.75, 3.05) is 18.9 Å². The minimum absolute atomic E-state index is 0.218. The molecule has 11 heteroatoms. The zero-order valence-electron chi connectivity index (χ0n) is 16.0. The van der Waals surface area contributed by atoms with E-state index in [1.165, 1.54) is 24.1 Å². The van der Waals surface area contributed by atoms with E-state index in [1.807, 2.05) is 0 Å². The Labute approximate surface area is 172 Å². The molecule has 0 saturated carbocycles. The molecule has 0 aliphatic carbocycles. The van der Waals surface area contributed by atoms with Crippen molar-refractivity contribution in [3.05, 3.63) is 59.4 Å². The van der Waals surface area contributed by atoms with Gasteiger partial charge in [0.2, 0.25) is 11.8 Å². The summed E-state index contributed by atoms with van der Waals surface area (Å²) in [5.74, 6) is -9.36. The molecule has 0 spiro atoms. The van der Waals surface area contributed by atoms with Gasteiger partial charge in [0.05, 0.1) is 5.69 Å². The van der Waals surface area contributed by atoms with Gasteiger partial charge in [-0.05, 0) is 36.2 Å². The van der Waals surface area contributed by atoms with Crippen molar-refractivity contribution < 1.29 is 40.7 Å². The van der Waals surface area contributed by atoms with Gasteiger partial charge in [-0.1, -0.05) is 12.1 Å². The summed E-state index contributed by atoms with van der Waals surface area (Å²) >= 11 is 0. The van der Waals surface area contributed by atoms with Crippen LogP contribution in [0.4, 0.5) is 32.0 Å². The first-order chi connectivity index (χ1) is 14.5. The molecule has 31 heavy (non-hydrogen) atoms. The zero-order valence-corrected chi connectivity index (χ0v) is 16.0. The Bertz CT molecular complexity index is 1010. The van der Waals surface area contributed by atoms with Crippen LogP contribution in [0.1, 0.15) is 17.9 Å². The van der Waals surface area contributed by atoms with Crippen molar-refractivity contribution >= 4 is 17.5 Å². The Kier molecular flexibility index (Phi) is 6.14. The van der Waals surface area contributed by atoms with Crippen molar-refractivity contribution in [1.29, 1.82) is 0 Å². The number of hydrogen-bond acceptors (Lipinski definition) is 3. The van der Waals surface area contributed by atoms with Gasteiger partial charge in [0.15, 0.2) is 17.5 Å². The first-order valence-corrected chi connectivity index (χ1v) is 9.03. The lowest BCUT2D eigenvalue weighted by atomic mass is 9.79. The molecule has 0 radical (unpaired) electrons. The number of likely N-dealkylation sites (tertiary alicyclic amines) is 1. The number of anilines is 1. The average Bonchev–Trinajstić information content (AvgIpc) is 2.69. The van der Waals surface area contributed by atoms with E-state index >= 15 is 0 Å². The molecular weight excluding hydrogens is 430 g/mol. The third kappa shape index (κ3) is 4.92. The molecule has 1 N–H and O–H groups in total. The first kappa shape index (κ1) is 22.4. The van der Waals surface area contributed by atoms with E-state index in [-0.39, 0.29) is 18.5 Å². The second kappa shape index (κ2) is 8.48. The Morgan fingerprint density at radius 3 is 2.52 bits per heavy atom. The Morgan fingerprint density at radius 2 is 1.84 bits per heavy atom. The van der Waals surface area contributed by atoms with Gasteiger partial charge in [0.25, 0.3) is 0 Å². The number of piperidine rings is 1. The lowest BCUT2D eigenvalue weighted by Gasteiger charge is -2.35. The lowest BCUT2D eigenvalue weighted by molar-refractivity contribution is -0.274. The van der Waals surface area contributed by atoms with Crippen LogP contribution in [0.2, 0.25) is 0 Å². The quantitative estimate of drug-likeness (QED) is 0.435. The highest BCUT2D eigenvalue weighted by Gasteiger charge is 2.41. The molecule has 166 valence electrons. The number of alkyl halides is 3. The van der Waals surface area contributed by atoms with Crippen LogP contribution in [-0.2, 0) is 9.59 Å². The SMILES string of the molecule is CN1CC[C@H](c2cccc(OC(F)(F)F)c2)[C@@H](C(=O)Nc2ccc(F)c(F)c2F)C1=O. The number of hydrogen-bond donors (Lipinski definition) is 1. The standard InChI is InChI=1S/C20H16F6N2O3/c1-28-8-7-12(10-3-2-4-11(9-10)31-20(24,25)26)15(19(28)30)18(29)27-14-6-5-13(21)16(22)17(14)23/h2-6,9,12,15H,7-8H2,1H3,(H,27,29)/t12-,15+/m1/s1. The van der Waals surface area contributed by atoms with Gasteiger partial charge in [-0.2, -0.15) is 0 Å². The number of halogens is 6. The molecule has 1 saturated heterocycles. The molecule has 1 fully saturated rings. The van der Waals surface area contributed by atoms with E-state index in [1.54, 1.807) is 0 Å². The Hall–Kier alpha value is -3.24. The van der Waals surface area contributed by atoms with Crippen LogP contribution in [0.5, 0.6) is 5.75 Å². The maximum atomic E-state index is 13.9. The van der Waals surface area contributed by atoms with Crippen LogP contribution in [0, 0.1) is 23.4 Å². The molecule has 5 nitrogen and oxygen atoms in total. The molecule has 2 amide bonds. The van der Waals surface area contributed by atoms with Crippen LogP contribution in [0.15, 0.2) is 36.4 Å². The highest BCUT2D eigenvalue weighted by molar-refractivity contribution is 6.07. The minimum Gasteiger partial charge on any atom is -0.406 e. The van der Waals surface area contributed by atoms with Crippen molar-refractivity contribution in [3.8, 4) is 5.75 Å². The van der Waals surface area contributed by atoms with Gasteiger partial charge in [-0.15, -0.1) is 13.2 Å². The second-order valence-electron chi connectivity index (χ2n) is 6.97. The van der Waals surface area contributed by atoms with Crippen LogP contribution in [0.25, 0.3) is 0 Å². The number of rotatable bonds is 4. The maximum absolute atomic E-state index is 13.9. The van der Waals surface area contributed by atoms with E-state index in [9.17, 15) is 35.9 Å². The molecule has 0 aromatic heterocycles. The zero-order chi connectivity index (χ0) is 22.9. The highest BCUT2D eigenvalue weighted by atomic mass is 19.4. The number of benzene rings is 2. The number of amides is 2. The summed E-state index contributed by atoms with van der Waals surface area (Å²) < 4.78 is 82.0. The lowest BCUT2D eigenvalue weighted by Crippen LogP contribution is -2.47. The van der Waals surface area contributed by atoms with Crippen LogP contribution >= 0.6 is 0 Å². The van der Waals surface area contributed by atoms with Crippen molar-refractivity contribution in [2.24, 2.45) is 5.92 Å². The van der Waals surface area contributed by atoms with Crippen molar-refractivity contribution in [2.45, 2.75) is 18.7 Å². The monoisotopic (exact) mass is 446 g/mol. The molecule has 0 unspecified atom stereocenters. The fourth-order valence-corrected chi connectivity index (χ4v) is 3.45. The molecule has 0 bridgehead atoms. The third-order valence-corrected chi connectivity index (χ3v) is 4.92. The summed E-state index contributed by atoms with van der Waals surface area (Å²) in [5.41, 5.74) is -0.438. The third-order valence-electron chi connectivity index (χ3n) is 4.92. The summed E-state index contributed by atoms with van der Waals surface area (Å²) in [6.07, 6.45) is -4.71. The average molecular weight is 446 g/mol. The number of carbonyl (C=O) groups is 2. The van der Waals surface area contributed by atoms with Crippen molar-refractivity contribution in [3.63, 3.8) is 0 Å². The van der Waals surface area contributed by atoms with Gasteiger partial charge in [-0.3, -0.25) is 9.59 Å². The maximum Gasteiger partial charge on any atom is 0.573 e. The number of ether oxygens (including phenoxy) is 1. The van der Waals surface area contributed by atoms with Crippen LogP contribution in [0.3, 0.4) is 0 Å². The van der Waals surface area contributed by atoms with Gasteiger partial charge in [0, 0.05) is 19.5 Å². The molecular formula is C20H16F6N2O3. The largest absolute Gasteiger partial charge is 0.573 e. The fraction of sp³-hybridized carbons (Fsp3) is 0.300. The molecule has 1 heterocycles. The smallest absolute Gasteiger partial charge is 0.406 e. The van der Waals surface area contributed by atoms with Gasteiger partial charge >= 0.3 is 6.36 Å². The summed E-state index contributed by atoms with van der Waals surface area (Å²) in [7, 11) is 1.43. The molecule has 2 atom stereocenters. The van der Waals surface area contributed by atoms with E-state index < -0.39 is 58.9 Å². The molecule has 3 rings (SSSR count). The first-order valence-electron chi connectivity index (χ1n) is 9.03. The summed E-state index contributed by atoms with van der Waals surface area (Å²) in [4.78, 5) is 26.8. The van der Waals surface area contributed by atoms with E-state index in [4.69, 9.17) is 0 Å². The van der Waals surface area contributed by atoms with Crippen LogP contribution < -0.4 is 10.1 Å². The predicted octanol–water partition coefficient (Wildman–Crippen LogP) is 4.20. The number of nitrogens with one attached hydrogen (secondary N) is 1. The van der Waals surface area contributed by atoms with E-state index in [0.717, 1.165) is 18.2 Å². The molecule has 1 aliphatic rings. The topological polar surface area (TPSA) is 58.6 Å². The van der Waals surface area contributed by atoms with Gasteiger partial charge < -0.3 is 15.0 Å². The molecule has 2 aromatic rings. The summed E-state index contributed by atoms with van der Waals surface area (Å²) in [6, 6.07) is 6.26. The van der Waals surface area contributed by atoms with Crippen molar-refractivity contribution in [1.82, 2.24) is 4.90 Å². The van der Waals surface area contributed by atoms with Gasteiger partial charge in [0.1, 0.15) is 11.7 Å². The van der Waals surface area contributed by atoms with E-state index in [0.29, 0.717) is 6.07 Å². The van der Waals surface area contributed by atoms with E-state index in [2.05, 4.69) is 10.1 Å². The summed E-state index contributed by atoms with van der Waals surface area (Å²) in [5, 5.41) is 2.07. The normalized spacial score (nSPS) is 19.3. The molecule has 1 aliphatic heterocycles. The second-order valence-corrected chi connectivity index (χ2v) is 6.97. The van der Waals surface area contributed by atoms with Crippen LogP contribution in [-0.4, -0.2) is 36.7 Å². The Balaban J connectivity index is 1.92. The molecule has 2 aromatic carbocycles. The number of nitrogens with zero attached hydrogens (tertiary/aromatic N) is 1. The Morgan fingerprint density at radius 1 is 1.13 bits per heavy atom. The highest BCUT2D eigenvalue weighted by Crippen LogP contribution is 2.36. The predicted molar refractivity (Wildman–Crippen MR) is 96.6 cm³/mol. The number of carbonyl (C=O) groups excluding carboxylic acids is 2. The minimum atomic E-state index is -4.93. The fourth-order valence-electron chi connectivity index (χ4n) is 3.45. The summed E-state index contributed by atoms with van der Waals surface area (Å²) in [6.45, 7) is 0.219.